The maximum Gasteiger partial charge on any atom is 0.321 e. The monoisotopic (exact) mass is 459 g/mol. The third kappa shape index (κ3) is 6.29. The van der Waals surface area contributed by atoms with Crippen LogP contribution in [-0.4, -0.2) is 5.97 Å². The Hall–Kier alpha value is -2.60. The van der Waals surface area contributed by atoms with Gasteiger partial charge in [-0.25, -0.2) is 0 Å². The summed E-state index contributed by atoms with van der Waals surface area (Å²) in [5.74, 6) is 0.564. The topological polar surface area (TPSA) is 50.1 Å². The highest BCUT2D eigenvalue weighted by atomic mass is 16.5. The Morgan fingerprint density at radius 2 is 1.74 bits per heavy atom. The number of carbonyl (C=O) groups is 1. The van der Waals surface area contributed by atoms with Crippen LogP contribution in [0.15, 0.2) is 42.5 Å². The Balaban J connectivity index is 1.79. The molecule has 34 heavy (non-hydrogen) atoms. The molecule has 0 aromatic heterocycles. The highest BCUT2D eigenvalue weighted by Crippen LogP contribution is 2.41. The molecule has 1 atom stereocenters. The highest BCUT2D eigenvalue weighted by molar-refractivity contribution is 5.85. The number of nitriles is 1. The van der Waals surface area contributed by atoms with Crippen molar-refractivity contribution in [2.45, 2.75) is 109 Å². The number of unbranched alkanes of at least 4 members (excludes halogenated alkanes) is 3. The molecule has 3 heteroatoms. The molecule has 0 radical (unpaired) electrons. The predicted molar refractivity (Wildman–Crippen MR) is 139 cm³/mol. The molecule has 1 aliphatic rings. The molecule has 0 aliphatic heterocycles. The lowest BCUT2D eigenvalue weighted by Crippen LogP contribution is -2.41. The van der Waals surface area contributed by atoms with Gasteiger partial charge in [0, 0.05) is 0 Å². The summed E-state index contributed by atoms with van der Waals surface area (Å²) in [5, 5.41) is 9.81. The van der Waals surface area contributed by atoms with Crippen molar-refractivity contribution in [3.05, 3.63) is 64.7 Å². The number of rotatable bonds is 11. The molecule has 1 saturated carbocycles. The maximum absolute atomic E-state index is 13.7. The zero-order chi connectivity index (χ0) is 24.4. The van der Waals surface area contributed by atoms with Crippen molar-refractivity contribution >= 4 is 5.97 Å². The van der Waals surface area contributed by atoms with E-state index in [0.29, 0.717) is 17.2 Å². The summed E-state index contributed by atoms with van der Waals surface area (Å²) in [7, 11) is 0. The van der Waals surface area contributed by atoms with Crippen molar-refractivity contribution < 1.29 is 9.53 Å². The van der Waals surface area contributed by atoms with Gasteiger partial charge in [-0.1, -0.05) is 102 Å². The molecular formula is C31H41NO2. The summed E-state index contributed by atoms with van der Waals surface area (Å²) in [5.41, 5.74) is 3.33. The van der Waals surface area contributed by atoms with Crippen LogP contribution in [0.2, 0.25) is 0 Å². The van der Waals surface area contributed by atoms with Crippen molar-refractivity contribution in [2.24, 2.45) is 0 Å². The molecule has 1 fully saturated rings. The number of carbonyl (C=O) groups excluding carboxylic acids is 1. The largest absolute Gasteiger partial charge is 0.424 e. The summed E-state index contributed by atoms with van der Waals surface area (Å²) in [6.45, 7) is 6.62. The molecule has 0 bridgehead atoms. The van der Waals surface area contributed by atoms with Crippen molar-refractivity contribution in [3.8, 4) is 11.8 Å². The SMILES string of the molecule is CCCCCCC(C)c1ccc(OC(=O)C2(c3ccc(CCC)cc3)CCCCC2)c(C#N)c1. The molecule has 2 aromatic rings. The van der Waals surface area contributed by atoms with E-state index in [1.54, 1.807) is 0 Å². The second-order valence-electron chi connectivity index (χ2n) is 10.1. The van der Waals surface area contributed by atoms with Crippen molar-refractivity contribution in [1.82, 2.24) is 0 Å². The Kier molecular flexibility index (Phi) is 9.75. The van der Waals surface area contributed by atoms with Gasteiger partial charge in [-0.15, -0.1) is 0 Å². The second kappa shape index (κ2) is 12.7. The van der Waals surface area contributed by atoms with Crippen LogP contribution < -0.4 is 4.74 Å². The van der Waals surface area contributed by atoms with Crippen LogP contribution in [0.1, 0.15) is 120 Å². The number of hydrogen-bond donors (Lipinski definition) is 0. The molecule has 182 valence electrons. The number of esters is 1. The number of nitrogens with zero attached hydrogens (tertiary/aromatic N) is 1. The number of benzene rings is 2. The molecule has 3 nitrogen and oxygen atoms in total. The molecular weight excluding hydrogens is 418 g/mol. The average molecular weight is 460 g/mol. The molecule has 0 heterocycles. The van der Waals surface area contributed by atoms with E-state index in [0.717, 1.165) is 62.5 Å². The van der Waals surface area contributed by atoms with Gasteiger partial charge in [-0.05, 0) is 60.4 Å². The molecule has 2 aromatic carbocycles. The van der Waals surface area contributed by atoms with Gasteiger partial charge in [0.05, 0.1) is 11.0 Å². The number of aryl methyl sites for hydroxylation is 1. The van der Waals surface area contributed by atoms with Gasteiger partial charge in [0.1, 0.15) is 11.8 Å². The van der Waals surface area contributed by atoms with Crippen molar-refractivity contribution in [3.63, 3.8) is 0 Å². The summed E-state index contributed by atoms with van der Waals surface area (Å²) >= 11 is 0. The Morgan fingerprint density at radius 3 is 2.38 bits per heavy atom. The van der Waals surface area contributed by atoms with Crippen molar-refractivity contribution in [1.29, 1.82) is 5.26 Å². The molecule has 1 unspecified atom stereocenters. The summed E-state index contributed by atoms with van der Waals surface area (Å²) < 4.78 is 6.00. The molecule has 3 rings (SSSR count). The number of ether oxygens (including phenoxy) is 1. The lowest BCUT2D eigenvalue weighted by molar-refractivity contribution is -0.142. The number of hydrogen-bond acceptors (Lipinski definition) is 3. The lowest BCUT2D eigenvalue weighted by atomic mass is 9.69. The fraction of sp³-hybridized carbons (Fsp3) is 0.548. The van der Waals surface area contributed by atoms with Crippen LogP contribution in [0, 0.1) is 11.3 Å². The molecule has 0 spiro atoms. The quantitative estimate of drug-likeness (QED) is 0.192. The second-order valence-corrected chi connectivity index (χ2v) is 10.1. The van der Waals surface area contributed by atoms with E-state index >= 15 is 0 Å². The minimum atomic E-state index is -0.624. The van der Waals surface area contributed by atoms with Crippen LogP contribution in [0.5, 0.6) is 5.75 Å². The van der Waals surface area contributed by atoms with E-state index in [1.807, 2.05) is 18.2 Å². The average Bonchev–Trinajstić information content (AvgIpc) is 2.87. The molecule has 1 aliphatic carbocycles. The summed E-state index contributed by atoms with van der Waals surface area (Å²) in [6.07, 6.45) is 13.0. The van der Waals surface area contributed by atoms with E-state index in [-0.39, 0.29) is 5.97 Å². The zero-order valence-electron chi connectivity index (χ0n) is 21.4. The fourth-order valence-electron chi connectivity index (χ4n) is 5.32. The fourth-order valence-corrected chi connectivity index (χ4v) is 5.32. The standard InChI is InChI=1S/C31H41NO2/c1-4-6-7-9-13-24(3)26-16-19-29(27(22-26)23-32)34-30(33)31(20-10-8-11-21-31)28-17-14-25(12-5-2)15-18-28/h14-19,22,24H,4-13,20-21H2,1-3H3. The molecule has 0 amide bonds. The third-order valence-electron chi connectivity index (χ3n) is 7.53. The van der Waals surface area contributed by atoms with E-state index in [9.17, 15) is 10.1 Å². The highest BCUT2D eigenvalue weighted by Gasteiger charge is 2.43. The zero-order valence-corrected chi connectivity index (χ0v) is 21.4. The first kappa shape index (κ1) is 26.0. The third-order valence-corrected chi connectivity index (χ3v) is 7.53. The van der Waals surface area contributed by atoms with Crippen LogP contribution in [0.4, 0.5) is 0 Å². The van der Waals surface area contributed by atoms with Crippen LogP contribution in [0.25, 0.3) is 0 Å². The van der Waals surface area contributed by atoms with Gasteiger partial charge in [0.15, 0.2) is 0 Å². The van der Waals surface area contributed by atoms with E-state index < -0.39 is 5.41 Å². The predicted octanol–water partition coefficient (Wildman–Crippen LogP) is 8.39. The van der Waals surface area contributed by atoms with Gasteiger partial charge < -0.3 is 4.74 Å². The first-order chi connectivity index (χ1) is 16.5. The first-order valence-electron chi connectivity index (χ1n) is 13.4. The minimum Gasteiger partial charge on any atom is -0.424 e. The van der Waals surface area contributed by atoms with Gasteiger partial charge >= 0.3 is 5.97 Å². The Morgan fingerprint density at radius 1 is 1.00 bits per heavy atom. The maximum atomic E-state index is 13.7. The van der Waals surface area contributed by atoms with Gasteiger partial charge in [0.25, 0.3) is 0 Å². The van der Waals surface area contributed by atoms with Gasteiger partial charge in [-0.2, -0.15) is 5.26 Å². The van der Waals surface area contributed by atoms with Crippen LogP contribution >= 0.6 is 0 Å². The van der Waals surface area contributed by atoms with Crippen LogP contribution in [-0.2, 0) is 16.6 Å². The van der Waals surface area contributed by atoms with E-state index in [4.69, 9.17) is 4.74 Å². The van der Waals surface area contributed by atoms with Gasteiger partial charge in [0.2, 0.25) is 0 Å². The normalized spacial score (nSPS) is 15.9. The first-order valence-corrected chi connectivity index (χ1v) is 13.4. The Labute approximate surface area is 206 Å². The molecule has 0 saturated heterocycles. The van der Waals surface area contributed by atoms with E-state index in [1.165, 1.54) is 31.2 Å². The smallest absolute Gasteiger partial charge is 0.321 e. The summed E-state index contributed by atoms with van der Waals surface area (Å²) in [4.78, 5) is 13.7. The molecule has 0 N–H and O–H groups in total. The van der Waals surface area contributed by atoms with E-state index in [2.05, 4.69) is 51.1 Å². The van der Waals surface area contributed by atoms with Crippen LogP contribution in [0.3, 0.4) is 0 Å². The minimum absolute atomic E-state index is 0.215. The van der Waals surface area contributed by atoms with Gasteiger partial charge in [-0.3, -0.25) is 4.79 Å². The summed E-state index contributed by atoms with van der Waals surface area (Å²) in [6, 6.07) is 16.6. The van der Waals surface area contributed by atoms with Crippen molar-refractivity contribution in [2.75, 3.05) is 0 Å². The lowest BCUT2D eigenvalue weighted by Gasteiger charge is -2.35. The Bertz CT molecular complexity index is 964.